The molecular formula is C28H32N4O3S. The van der Waals surface area contributed by atoms with Crippen LogP contribution in [0.5, 0.6) is 0 Å². The van der Waals surface area contributed by atoms with Gasteiger partial charge in [0, 0.05) is 52.6 Å². The van der Waals surface area contributed by atoms with Gasteiger partial charge in [0.1, 0.15) is 5.60 Å². The van der Waals surface area contributed by atoms with Crippen molar-refractivity contribution < 1.29 is 14.3 Å². The van der Waals surface area contributed by atoms with Gasteiger partial charge in [0.2, 0.25) is 0 Å². The number of anilines is 1. The van der Waals surface area contributed by atoms with Gasteiger partial charge in [-0.3, -0.25) is 4.79 Å². The normalized spacial score (nSPS) is 17.4. The summed E-state index contributed by atoms with van der Waals surface area (Å²) in [5, 5.41) is 6.16. The second-order valence-corrected chi connectivity index (χ2v) is 11.5. The van der Waals surface area contributed by atoms with Gasteiger partial charge >= 0.3 is 6.09 Å². The van der Waals surface area contributed by atoms with Crippen molar-refractivity contribution in [1.29, 1.82) is 0 Å². The number of amides is 2. The zero-order valence-corrected chi connectivity index (χ0v) is 22.2. The molecule has 0 bridgehead atoms. The lowest BCUT2D eigenvalue weighted by Gasteiger charge is -2.32. The van der Waals surface area contributed by atoms with Crippen LogP contribution in [0.2, 0.25) is 0 Å². The number of ether oxygens (including phenoxy) is 1. The minimum absolute atomic E-state index is 0.0930. The molecule has 0 atom stereocenters. The lowest BCUT2D eigenvalue weighted by molar-refractivity contribution is -0.110. The fourth-order valence-corrected chi connectivity index (χ4v) is 5.78. The summed E-state index contributed by atoms with van der Waals surface area (Å²) in [5.74, 6) is 0.235. The monoisotopic (exact) mass is 504 g/mol. The highest BCUT2D eigenvalue weighted by Gasteiger charge is 2.29. The van der Waals surface area contributed by atoms with Crippen LogP contribution in [0.25, 0.3) is 22.9 Å². The number of carbonyl (C=O) groups is 2. The van der Waals surface area contributed by atoms with Crippen LogP contribution in [-0.4, -0.2) is 45.6 Å². The molecule has 2 amide bonds. The van der Waals surface area contributed by atoms with Crippen molar-refractivity contribution in [3.63, 3.8) is 0 Å². The summed E-state index contributed by atoms with van der Waals surface area (Å²) < 4.78 is 5.52. The van der Waals surface area contributed by atoms with Gasteiger partial charge in [0.05, 0.1) is 16.3 Å². The number of aromatic amines is 1. The molecule has 2 aliphatic heterocycles. The molecule has 36 heavy (non-hydrogen) atoms. The number of piperidine rings is 1. The molecule has 2 aromatic heterocycles. The van der Waals surface area contributed by atoms with Gasteiger partial charge in [0.25, 0.3) is 5.91 Å². The second kappa shape index (κ2) is 9.24. The molecule has 1 aromatic carbocycles. The van der Waals surface area contributed by atoms with Crippen LogP contribution in [0.4, 0.5) is 10.5 Å². The van der Waals surface area contributed by atoms with E-state index in [9.17, 15) is 9.59 Å². The molecule has 5 rings (SSSR count). The van der Waals surface area contributed by atoms with E-state index in [4.69, 9.17) is 9.72 Å². The van der Waals surface area contributed by atoms with E-state index >= 15 is 0 Å². The molecule has 3 aromatic rings. The number of fused-ring (bicyclic) bond motifs is 1. The first-order valence-corrected chi connectivity index (χ1v) is 13.2. The molecular weight excluding hydrogens is 472 g/mol. The number of nitrogens with one attached hydrogen (secondary N) is 2. The Balaban J connectivity index is 1.32. The van der Waals surface area contributed by atoms with Gasteiger partial charge in [0.15, 0.2) is 0 Å². The zero-order valence-electron chi connectivity index (χ0n) is 21.4. The number of thiazole rings is 1. The van der Waals surface area contributed by atoms with Gasteiger partial charge in [-0.05, 0) is 77.3 Å². The Bertz CT molecular complexity index is 1350. The van der Waals surface area contributed by atoms with E-state index in [0.29, 0.717) is 24.6 Å². The number of rotatable bonds is 3. The van der Waals surface area contributed by atoms with Crippen molar-refractivity contribution in [2.24, 2.45) is 0 Å². The Morgan fingerprint density at radius 2 is 1.94 bits per heavy atom. The number of aromatic nitrogens is 2. The van der Waals surface area contributed by atoms with Crippen LogP contribution in [0.1, 0.15) is 67.1 Å². The Kier molecular flexibility index (Phi) is 6.24. The van der Waals surface area contributed by atoms with Gasteiger partial charge in [-0.2, -0.15) is 0 Å². The van der Waals surface area contributed by atoms with Crippen molar-refractivity contribution in [3.8, 4) is 11.3 Å². The molecule has 0 spiro atoms. The third kappa shape index (κ3) is 4.95. The number of aryl methyl sites for hydroxylation is 2. The first-order valence-electron chi connectivity index (χ1n) is 12.3. The van der Waals surface area contributed by atoms with Crippen LogP contribution >= 0.6 is 11.3 Å². The molecule has 0 radical (unpaired) electrons. The minimum atomic E-state index is -0.484. The predicted molar refractivity (Wildman–Crippen MR) is 144 cm³/mol. The largest absolute Gasteiger partial charge is 0.444 e. The molecule has 0 saturated carbocycles. The summed E-state index contributed by atoms with van der Waals surface area (Å²) in [6.45, 7) is 11.1. The highest BCUT2D eigenvalue weighted by molar-refractivity contribution is 7.10. The van der Waals surface area contributed by atoms with E-state index in [1.165, 1.54) is 0 Å². The zero-order chi connectivity index (χ0) is 25.6. The van der Waals surface area contributed by atoms with Crippen molar-refractivity contribution in [2.45, 2.75) is 59.0 Å². The van der Waals surface area contributed by atoms with E-state index in [-0.39, 0.29) is 12.0 Å². The average molecular weight is 505 g/mol. The molecule has 1 fully saturated rings. The van der Waals surface area contributed by atoms with Crippen LogP contribution in [-0.2, 0) is 9.53 Å². The standard InChI is InChI=1S/C28H32N4O3S/c1-16-12-17(2)29-23(16)14-21-20-13-19(6-7-22(20)30-25(21)33)24-15-36-26(31-24)18-8-10-32(11-9-18)27(34)35-28(3,4)5/h6-7,12-15,18,29H,8-11H2,1-5H3,(H,30,33). The Morgan fingerprint density at radius 3 is 2.61 bits per heavy atom. The molecule has 2 N–H and O–H groups in total. The highest BCUT2D eigenvalue weighted by atomic mass is 32.1. The quantitative estimate of drug-likeness (QED) is 0.406. The summed E-state index contributed by atoms with van der Waals surface area (Å²) in [6, 6.07) is 8.09. The molecule has 0 unspecified atom stereocenters. The number of hydrogen-bond donors (Lipinski definition) is 2. The molecule has 188 valence electrons. The highest BCUT2D eigenvalue weighted by Crippen LogP contribution is 2.38. The molecule has 0 aliphatic carbocycles. The summed E-state index contributed by atoms with van der Waals surface area (Å²) in [5.41, 5.74) is 6.92. The van der Waals surface area contributed by atoms with Gasteiger partial charge < -0.3 is 19.9 Å². The smallest absolute Gasteiger partial charge is 0.410 e. The number of nitrogens with zero attached hydrogens (tertiary/aromatic N) is 2. The maximum Gasteiger partial charge on any atom is 0.410 e. The lowest BCUT2D eigenvalue weighted by atomic mass is 9.97. The Labute approximate surface area is 215 Å². The van der Waals surface area contributed by atoms with Crippen molar-refractivity contribution in [3.05, 3.63) is 57.2 Å². The average Bonchev–Trinajstić information content (AvgIpc) is 3.50. The minimum Gasteiger partial charge on any atom is -0.444 e. The first kappa shape index (κ1) is 24.3. The summed E-state index contributed by atoms with van der Waals surface area (Å²) in [7, 11) is 0. The van der Waals surface area contributed by atoms with E-state index < -0.39 is 5.60 Å². The third-order valence-electron chi connectivity index (χ3n) is 6.59. The number of carbonyl (C=O) groups excluding carboxylic acids is 2. The molecule has 7 nitrogen and oxygen atoms in total. The summed E-state index contributed by atoms with van der Waals surface area (Å²) in [4.78, 5) is 35.2. The summed E-state index contributed by atoms with van der Waals surface area (Å²) >= 11 is 1.66. The Hall–Kier alpha value is -3.39. The lowest BCUT2D eigenvalue weighted by Crippen LogP contribution is -2.41. The Morgan fingerprint density at radius 1 is 1.19 bits per heavy atom. The summed E-state index contributed by atoms with van der Waals surface area (Å²) in [6.07, 6.45) is 3.43. The third-order valence-corrected chi connectivity index (χ3v) is 7.60. The van der Waals surface area contributed by atoms with Crippen LogP contribution in [0.3, 0.4) is 0 Å². The number of benzene rings is 1. The number of likely N-dealkylation sites (tertiary alicyclic amines) is 1. The van der Waals surface area contributed by atoms with Crippen LogP contribution in [0.15, 0.2) is 29.6 Å². The van der Waals surface area contributed by atoms with Gasteiger partial charge in [-0.15, -0.1) is 11.3 Å². The van der Waals surface area contributed by atoms with E-state index in [2.05, 4.69) is 21.7 Å². The van der Waals surface area contributed by atoms with Crippen LogP contribution < -0.4 is 5.32 Å². The number of hydrogen-bond acceptors (Lipinski definition) is 5. The molecule has 4 heterocycles. The second-order valence-electron chi connectivity index (χ2n) is 10.6. The topological polar surface area (TPSA) is 87.3 Å². The van der Waals surface area contributed by atoms with E-state index in [1.807, 2.05) is 58.9 Å². The number of H-pyrrole nitrogens is 1. The van der Waals surface area contributed by atoms with Crippen molar-refractivity contribution in [2.75, 3.05) is 18.4 Å². The first-order chi connectivity index (χ1) is 17.1. The maximum absolute atomic E-state index is 12.7. The predicted octanol–water partition coefficient (Wildman–Crippen LogP) is 6.36. The van der Waals surface area contributed by atoms with Crippen LogP contribution in [0, 0.1) is 13.8 Å². The van der Waals surface area contributed by atoms with E-state index in [0.717, 1.165) is 57.3 Å². The van der Waals surface area contributed by atoms with Gasteiger partial charge in [-0.1, -0.05) is 6.07 Å². The molecule has 2 aliphatic rings. The molecule has 8 heteroatoms. The van der Waals surface area contributed by atoms with E-state index in [1.54, 1.807) is 16.2 Å². The van der Waals surface area contributed by atoms with Crippen molar-refractivity contribution >= 4 is 40.7 Å². The maximum atomic E-state index is 12.7. The fourth-order valence-electron chi connectivity index (χ4n) is 4.78. The van der Waals surface area contributed by atoms with Crippen molar-refractivity contribution in [1.82, 2.24) is 14.9 Å². The van der Waals surface area contributed by atoms with Gasteiger partial charge in [-0.25, -0.2) is 9.78 Å². The SMILES string of the molecule is Cc1cc(C)c(C=C2C(=O)Nc3ccc(-c4csc(C5CCN(C(=O)OC(C)(C)C)CC5)n4)cc32)[nH]1. The fraction of sp³-hybridized carbons (Fsp3) is 0.393. The molecule has 1 saturated heterocycles.